The first-order valence-electron chi connectivity index (χ1n) is 5.13. The summed E-state index contributed by atoms with van der Waals surface area (Å²) in [5, 5.41) is 9.53. The average molecular weight is 295 g/mol. The summed E-state index contributed by atoms with van der Waals surface area (Å²) in [5.41, 5.74) is 1.20. The minimum Gasteiger partial charge on any atom is -0.223 e. The van der Waals surface area contributed by atoms with Gasteiger partial charge in [-0.15, -0.1) is 11.8 Å². The zero-order chi connectivity index (χ0) is 13.0. The number of nitriles is 1. The fraction of sp³-hybridized carbons (Fsp3) is 0.0769. The summed E-state index contributed by atoms with van der Waals surface area (Å²) >= 11 is 13.4. The first kappa shape index (κ1) is 13.2. The second kappa shape index (κ2) is 6.10. The summed E-state index contributed by atoms with van der Waals surface area (Å²) in [6.07, 6.45) is 0. The minimum absolute atomic E-state index is 0.161. The predicted octanol–water partition coefficient (Wildman–Crippen LogP) is 4.55. The van der Waals surface area contributed by atoms with Crippen LogP contribution in [0.1, 0.15) is 11.1 Å². The maximum Gasteiger partial charge on any atom is 0.148 e. The van der Waals surface area contributed by atoms with Crippen LogP contribution < -0.4 is 0 Å². The number of benzene rings is 1. The standard InChI is InChI=1S/C13H8Cl2N2S/c14-12-6-9(11(7-16)13(15)17-12)8-18-10-4-2-1-3-5-10/h1-6H,8H2. The van der Waals surface area contributed by atoms with Crippen molar-refractivity contribution in [1.29, 1.82) is 5.26 Å². The highest BCUT2D eigenvalue weighted by Crippen LogP contribution is 2.28. The molecule has 1 heterocycles. The molecule has 0 aliphatic carbocycles. The van der Waals surface area contributed by atoms with Gasteiger partial charge in [0.2, 0.25) is 0 Å². The summed E-state index contributed by atoms with van der Waals surface area (Å²) in [6.45, 7) is 0. The molecule has 0 saturated carbocycles. The number of thioether (sulfide) groups is 1. The molecule has 0 spiro atoms. The largest absolute Gasteiger partial charge is 0.223 e. The van der Waals surface area contributed by atoms with E-state index in [0.717, 1.165) is 10.5 Å². The Morgan fingerprint density at radius 3 is 2.61 bits per heavy atom. The average Bonchev–Trinajstić information content (AvgIpc) is 2.37. The molecule has 1 aromatic carbocycles. The van der Waals surface area contributed by atoms with Crippen LogP contribution in [-0.4, -0.2) is 4.98 Å². The van der Waals surface area contributed by atoms with Gasteiger partial charge in [0.05, 0.1) is 5.56 Å². The van der Waals surface area contributed by atoms with E-state index in [1.54, 1.807) is 17.8 Å². The third kappa shape index (κ3) is 3.17. The van der Waals surface area contributed by atoms with Crippen LogP contribution >= 0.6 is 35.0 Å². The smallest absolute Gasteiger partial charge is 0.148 e. The lowest BCUT2D eigenvalue weighted by atomic mass is 10.2. The summed E-state index contributed by atoms with van der Waals surface area (Å²) in [4.78, 5) is 4.99. The molecule has 2 nitrogen and oxygen atoms in total. The van der Waals surface area contributed by atoms with Crippen molar-refractivity contribution in [2.45, 2.75) is 10.6 Å². The zero-order valence-corrected chi connectivity index (χ0v) is 11.6. The molecule has 0 bridgehead atoms. The van der Waals surface area contributed by atoms with Crippen LogP contribution in [0.4, 0.5) is 0 Å². The monoisotopic (exact) mass is 294 g/mol. The summed E-state index contributed by atoms with van der Waals surface area (Å²) in [7, 11) is 0. The van der Waals surface area contributed by atoms with E-state index >= 15 is 0 Å². The van der Waals surface area contributed by atoms with Crippen molar-refractivity contribution in [1.82, 2.24) is 4.98 Å². The van der Waals surface area contributed by atoms with Crippen LogP contribution in [0.25, 0.3) is 0 Å². The molecule has 0 atom stereocenters. The van der Waals surface area contributed by atoms with Crippen molar-refractivity contribution in [3.63, 3.8) is 0 Å². The SMILES string of the molecule is N#Cc1c(CSc2ccccc2)cc(Cl)nc1Cl. The van der Waals surface area contributed by atoms with E-state index in [0.29, 0.717) is 16.5 Å². The predicted molar refractivity (Wildman–Crippen MR) is 75.0 cm³/mol. The third-order valence-electron chi connectivity index (χ3n) is 2.28. The summed E-state index contributed by atoms with van der Waals surface area (Å²) < 4.78 is 0. The van der Waals surface area contributed by atoms with Gasteiger partial charge in [0.15, 0.2) is 0 Å². The van der Waals surface area contributed by atoms with Gasteiger partial charge in [0, 0.05) is 10.6 Å². The van der Waals surface area contributed by atoms with E-state index in [1.165, 1.54) is 0 Å². The first-order chi connectivity index (χ1) is 8.70. The molecular weight excluding hydrogens is 287 g/mol. The number of nitrogens with zero attached hydrogens (tertiary/aromatic N) is 2. The fourth-order valence-corrected chi connectivity index (χ4v) is 2.85. The van der Waals surface area contributed by atoms with Gasteiger partial charge in [-0.05, 0) is 23.8 Å². The van der Waals surface area contributed by atoms with E-state index in [9.17, 15) is 0 Å². The molecule has 90 valence electrons. The second-order valence-electron chi connectivity index (χ2n) is 3.48. The summed E-state index contributed by atoms with van der Waals surface area (Å²) in [6, 6.07) is 13.7. The number of rotatable bonds is 3. The Balaban J connectivity index is 2.22. The first-order valence-corrected chi connectivity index (χ1v) is 6.87. The van der Waals surface area contributed by atoms with Crippen molar-refractivity contribution in [2.75, 3.05) is 0 Å². The molecule has 2 rings (SSSR count). The molecule has 0 unspecified atom stereocenters. The van der Waals surface area contributed by atoms with Crippen molar-refractivity contribution in [2.24, 2.45) is 0 Å². The Kier molecular flexibility index (Phi) is 4.48. The van der Waals surface area contributed by atoms with Crippen molar-refractivity contribution >= 4 is 35.0 Å². The lowest BCUT2D eigenvalue weighted by Gasteiger charge is -2.06. The van der Waals surface area contributed by atoms with E-state index in [-0.39, 0.29) is 5.15 Å². The van der Waals surface area contributed by atoms with Gasteiger partial charge in [0.1, 0.15) is 16.4 Å². The molecule has 2 aromatic rings. The number of hydrogen-bond donors (Lipinski definition) is 0. The highest BCUT2D eigenvalue weighted by Gasteiger charge is 2.10. The van der Waals surface area contributed by atoms with E-state index in [1.807, 2.05) is 30.3 Å². The van der Waals surface area contributed by atoms with Crippen molar-refractivity contribution in [3.05, 3.63) is 57.8 Å². The van der Waals surface area contributed by atoms with Crippen LogP contribution in [0.5, 0.6) is 0 Å². The van der Waals surface area contributed by atoms with Gasteiger partial charge in [-0.1, -0.05) is 41.4 Å². The zero-order valence-electron chi connectivity index (χ0n) is 9.23. The Labute approximate surface area is 120 Å². The van der Waals surface area contributed by atoms with E-state index in [4.69, 9.17) is 28.5 Å². The second-order valence-corrected chi connectivity index (χ2v) is 5.28. The number of pyridine rings is 1. The lowest BCUT2D eigenvalue weighted by Crippen LogP contribution is -1.92. The Morgan fingerprint density at radius 2 is 1.94 bits per heavy atom. The molecule has 0 amide bonds. The van der Waals surface area contributed by atoms with Gasteiger partial charge in [0.25, 0.3) is 0 Å². The lowest BCUT2D eigenvalue weighted by molar-refractivity contribution is 1.24. The maximum atomic E-state index is 9.06. The maximum absolute atomic E-state index is 9.06. The molecule has 5 heteroatoms. The highest BCUT2D eigenvalue weighted by molar-refractivity contribution is 7.98. The molecule has 0 N–H and O–H groups in total. The van der Waals surface area contributed by atoms with Gasteiger partial charge in [-0.2, -0.15) is 5.26 Å². The van der Waals surface area contributed by atoms with Crippen LogP contribution in [-0.2, 0) is 5.75 Å². The van der Waals surface area contributed by atoms with Gasteiger partial charge in [-0.3, -0.25) is 0 Å². The van der Waals surface area contributed by atoms with Gasteiger partial charge >= 0.3 is 0 Å². The van der Waals surface area contributed by atoms with E-state index < -0.39 is 0 Å². The topological polar surface area (TPSA) is 36.7 Å². The fourth-order valence-electron chi connectivity index (χ4n) is 1.44. The molecule has 0 fully saturated rings. The van der Waals surface area contributed by atoms with Crippen molar-refractivity contribution < 1.29 is 0 Å². The molecule has 18 heavy (non-hydrogen) atoms. The third-order valence-corrected chi connectivity index (χ3v) is 3.80. The highest BCUT2D eigenvalue weighted by atomic mass is 35.5. The molecular formula is C13H8Cl2N2S. The Morgan fingerprint density at radius 1 is 1.22 bits per heavy atom. The molecule has 0 aliphatic rings. The number of aromatic nitrogens is 1. The number of halogens is 2. The van der Waals surface area contributed by atoms with E-state index in [2.05, 4.69) is 11.1 Å². The summed E-state index contributed by atoms with van der Waals surface area (Å²) in [5.74, 6) is 0.634. The van der Waals surface area contributed by atoms with Crippen LogP contribution in [0.3, 0.4) is 0 Å². The van der Waals surface area contributed by atoms with Crippen LogP contribution in [0.15, 0.2) is 41.3 Å². The Hall–Kier alpha value is -1.21. The normalized spacial score (nSPS) is 10.1. The minimum atomic E-state index is 0.161. The van der Waals surface area contributed by atoms with Crippen LogP contribution in [0, 0.1) is 11.3 Å². The molecule has 0 saturated heterocycles. The molecule has 0 aliphatic heterocycles. The van der Waals surface area contributed by atoms with Gasteiger partial charge in [-0.25, -0.2) is 4.98 Å². The number of hydrogen-bond acceptors (Lipinski definition) is 3. The van der Waals surface area contributed by atoms with Crippen LogP contribution in [0.2, 0.25) is 10.3 Å². The molecule has 0 radical (unpaired) electrons. The Bertz CT molecular complexity index is 594. The molecule has 1 aromatic heterocycles. The quantitative estimate of drug-likeness (QED) is 0.615. The van der Waals surface area contributed by atoms with Crippen molar-refractivity contribution in [3.8, 4) is 6.07 Å². The van der Waals surface area contributed by atoms with Gasteiger partial charge < -0.3 is 0 Å².